The van der Waals surface area contributed by atoms with Gasteiger partial charge >= 0.3 is 19.8 Å². The van der Waals surface area contributed by atoms with Crippen molar-refractivity contribution in [3.05, 3.63) is 60.8 Å². The molecular formula is C42H74NO8P. The minimum absolute atomic E-state index is 0.0369. The third-order valence-corrected chi connectivity index (χ3v) is 9.14. The van der Waals surface area contributed by atoms with Crippen molar-refractivity contribution in [1.82, 2.24) is 0 Å². The second-order valence-corrected chi connectivity index (χ2v) is 14.6. The SMILES string of the molecule is CCCCCCC=CCC=CCC=CCC=CCCC(=O)OC(COC(=O)CCC=CCCCCCCCCCCCC)COP(=O)(O)OCCN. The molecule has 2 atom stereocenters. The van der Waals surface area contributed by atoms with Crippen LogP contribution in [0.5, 0.6) is 0 Å². The molecule has 0 bridgehead atoms. The van der Waals surface area contributed by atoms with E-state index in [1.807, 2.05) is 18.2 Å². The van der Waals surface area contributed by atoms with Crippen LogP contribution in [0.3, 0.4) is 0 Å². The van der Waals surface area contributed by atoms with Gasteiger partial charge in [0.15, 0.2) is 6.10 Å². The van der Waals surface area contributed by atoms with Crippen LogP contribution in [0.1, 0.15) is 162 Å². The van der Waals surface area contributed by atoms with E-state index in [2.05, 4.69) is 56.4 Å². The summed E-state index contributed by atoms with van der Waals surface area (Å²) in [5.74, 6) is -0.983. The van der Waals surface area contributed by atoms with Crippen molar-refractivity contribution >= 4 is 19.8 Å². The van der Waals surface area contributed by atoms with Gasteiger partial charge in [0.1, 0.15) is 6.61 Å². The van der Waals surface area contributed by atoms with Gasteiger partial charge in [0, 0.05) is 19.4 Å². The van der Waals surface area contributed by atoms with Crippen LogP contribution in [0, 0.1) is 0 Å². The molecule has 0 aliphatic carbocycles. The van der Waals surface area contributed by atoms with E-state index in [4.69, 9.17) is 24.3 Å². The van der Waals surface area contributed by atoms with Crippen molar-refractivity contribution in [2.45, 2.75) is 168 Å². The molecular weight excluding hydrogens is 677 g/mol. The fourth-order valence-corrected chi connectivity index (χ4v) is 5.89. The first-order valence-corrected chi connectivity index (χ1v) is 21.8. The van der Waals surface area contributed by atoms with E-state index in [0.717, 1.165) is 38.5 Å². The van der Waals surface area contributed by atoms with Crippen molar-refractivity contribution in [2.24, 2.45) is 5.73 Å². The topological polar surface area (TPSA) is 134 Å². The predicted octanol–water partition coefficient (Wildman–Crippen LogP) is 11.3. The van der Waals surface area contributed by atoms with Gasteiger partial charge in [0.25, 0.3) is 0 Å². The van der Waals surface area contributed by atoms with Crippen molar-refractivity contribution in [1.29, 1.82) is 0 Å². The molecule has 2 unspecified atom stereocenters. The number of allylic oxidation sites excluding steroid dienone is 10. The Morgan fingerprint density at radius 3 is 1.54 bits per heavy atom. The van der Waals surface area contributed by atoms with Crippen molar-refractivity contribution in [2.75, 3.05) is 26.4 Å². The van der Waals surface area contributed by atoms with Gasteiger partial charge in [-0.25, -0.2) is 4.57 Å². The third kappa shape index (κ3) is 37.5. The lowest BCUT2D eigenvalue weighted by Gasteiger charge is -2.19. The van der Waals surface area contributed by atoms with Crippen molar-refractivity contribution < 1.29 is 37.6 Å². The summed E-state index contributed by atoms with van der Waals surface area (Å²) >= 11 is 0. The number of nitrogens with two attached hydrogens (primary N) is 1. The summed E-state index contributed by atoms with van der Waals surface area (Å²) in [6.07, 6.45) is 44.2. The number of carbonyl (C=O) groups is 2. The van der Waals surface area contributed by atoms with Gasteiger partial charge in [-0.1, -0.05) is 152 Å². The molecule has 0 amide bonds. The van der Waals surface area contributed by atoms with E-state index in [9.17, 15) is 19.0 Å². The number of rotatable bonds is 37. The summed E-state index contributed by atoms with van der Waals surface area (Å²) in [5.41, 5.74) is 5.33. The lowest BCUT2D eigenvalue weighted by Crippen LogP contribution is -2.29. The fourth-order valence-electron chi connectivity index (χ4n) is 5.13. The van der Waals surface area contributed by atoms with E-state index in [0.29, 0.717) is 12.8 Å². The summed E-state index contributed by atoms with van der Waals surface area (Å²) in [6, 6.07) is 0. The smallest absolute Gasteiger partial charge is 0.462 e. The molecule has 0 heterocycles. The largest absolute Gasteiger partial charge is 0.472 e. The fraction of sp³-hybridized carbons (Fsp3) is 0.714. The third-order valence-electron chi connectivity index (χ3n) is 8.15. The molecule has 0 radical (unpaired) electrons. The summed E-state index contributed by atoms with van der Waals surface area (Å²) in [4.78, 5) is 34.7. The molecule has 0 spiro atoms. The van der Waals surface area contributed by atoms with Crippen LogP contribution in [-0.2, 0) is 32.7 Å². The number of unbranched alkanes of at least 4 members (excludes halogenated alkanes) is 14. The van der Waals surface area contributed by atoms with Gasteiger partial charge in [-0.2, -0.15) is 0 Å². The van der Waals surface area contributed by atoms with Crippen LogP contribution >= 0.6 is 7.82 Å². The Kier molecular flexibility index (Phi) is 36.7. The summed E-state index contributed by atoms with van der Waals surface area (Å²) < 4.78 is 32.5. The first-order valence-electron chi connectivity index (χ1n) is 20.3. The zero-order chi connectivity index (χ0) is 38.2. The zero-order valence-corrected chi connectivity index (χ0v) is 33.7. The highest BCUT2D eigenvalue weighted by molar-refractivity contribution is 7.47. The standard InChI is InChI=1S/C42H74NO8P/c1-3-5-7-9-11-13-15-17-19-20-21-23-25-27-29-31-33-35-42(45)51-40(39-50-52(46,47)49-37-36-43)38-48-41(44)34-32-30-28-26-24-22-18-16-14-12-10-8-6-4-2/h13,15,19-20,23,25,28-31,40H,3-12,14,16-18,21-22,24,26-27,32-39,43H2,1-2H3,(H,46,47). The molecule has 300 valence electrons. The molecule has 0 aliphatic heterocycles. The Labute approximate surface area is 317 Å². The summed E-state index contributed by atoms with van der Waals surface area (Å²) in [7, 11) is -4.40. The number of phosphoric acid groups is 1. The number of esters is 2. The molecule has 3 N–H and O–H groups in total. The number of phosphoric ester groups is 1. The average molecular weight is 752 g/mol. The Balaban J connectivity index is 4.37. The minimum atomic E-state index is -4.40. The molecule has 0 aliphatic rings. The predicted molar refractivity (Wildman–Crippen MR) is 215 cm³/mol. The Morgan fingerprint density at radius 2 is 1.00 bits per heavy atom. The molecule has 10 heteroatoms. The second-order valence-electron chi connectivity index (χ2n) is 13.1. The highest BCUT2D eigenvalue weighted by atomic mass is 31.2. The molecule has 0 aromatic carbocycles. The van der Waals surface area contributed by atoms with Gasteiger partial charge in [0.05, 0.1) is 13.2 Å². The van der Waals surface area contributed by atoms with E-state index in [1.165, 1.54) is 83.5 Å². The van der Waals surface area contributed by atoms with E-state index < -0.39 is 32.5 Å². The summed E-state index contributed by atoms with van der Waals surface area (Å²) in [5, 5.41) is 0. The lowest BCUT2D eigenvalue weighted by atomic mass is 10.1. The van der Waals surface area contributed by atoms with Gasteiger partial charge in [-0.15, -0.1) is 0 Å². The van der Waals surface area contributed by atoms with Crippen LogP contribution in [0.25, 0.3) is 0 Å². The molecule has 0 aromatic heterocycles. The van der Waals surface area contributed by atoms with E-state index in [-0.39, 0.29) is 32.6 Å². The van der Waals surface area contributed by atoms with Gasteiger partial charge < -0.3 is 20.1 Å². The Hall–Kier alpha value is -2.29. The number of hydrogen-bond donors (Lipinski definition) is 2. The zero-order valence-electron chi connectivity index (χ0n) is 32.8. The minimum Gasteiger partial charge on any atom is -0.462 e. The molecule has 0 rings (SSSR count). The van der Waals surface area contributed by atoms with Crippen molar-refractivity contribution in [3.63, 3.8) is 0 Å². The summed E-state index contributed by atoms with van der Waals surface area (Å²) in [6.45, 7) is 3.57. The first kappa shape index (κ1) is 49.7. The number of hydrogen-bond acceptors (Lipinski definition) is 8. The second kappa shape index (κ2) is 38.4. The van der Waals surface area contributed by atoms with Crippen LogP contribution < -0.4 is 5.73 Å². The van der Waals surface area contributed by atoms with E-state index >= 15 is 0 Å². The van der Waals surface area contributed by atoms with Crippen LogP contribution in [0.2, 0.25) is 0 Å². The molecule has 52 heavy (non-hydrogen) atoms. The molecule has 0 aromatic rings. The van der Waals surface area contributed by atoms with Gasteiger partial charge in [-0.3, -0.25) is 18.6 Å². The van der Waals surface area contributed by atoms with Gasteiger partial charge in [0.2, 0.25) is 0 Å². The highest BCUT2D eigenvalue weighted by Crippen LogP contribution is 2.43. The number of ether oxygens (including phenoxy) is 2. The maximum atomic E-state index is 12.5. The molecule has 0 fully saturated rings. The maximum absolute atomic E-state index is 12.5. The van der Waals surface area contributed by atoms with Crippen LogP contribution in [0.4, 0.5) is 0 Å². The monoisotopic (exact) mass is 752 g/mol. The highest BCUT2D eigenvalue weighted by Gasteiger charge is 2.25. The first-order chi connectivity index (χ1) is 25.3. The molecule has 0 saturated heterocycles. The maximum Gasteiger partial charge on any atom is 0.472 e. The Bertz CT molecular complexity index is 1040. The Morgan fingerprint density at radius 1 is 0.577 bits per heavy atom. The lowest BCUT2D eigenvalue weighted by molar-refractivity contribution is -0.161. The average Bonchev–Trinajstić information content (AvgIpc) is 3.13. The molecule has 9 nitrogen and oxygen atoms in total. The van der Waals surface area contributed by atoms with Gasteiger partial charge in [-0.05, 0) is 57.8 Å². The number of carbonyl (C=O) groups excluding carboxylic acids is 2. The quantitative estimate of drug-likeness (QED) is 0.0275. The normalized spacial score (nSPS) is 14.0. The van der Waals surface area contributed by atoms with Crippen LogP contribution in [-0.4, -0.2) is 49.3 Å². The van der Waals surface area contributed by atoms with Crippen LogP contribution in [0.15, 0.2) is 60.8 Å². The van der Waals surface area contributed by atoms with E-state index in [1.54, 1.807) is 0 Å². The molecule has 0 saturated carbocycles. The van der Waals surface area contributed by atoms with Crippen molar-refractivity contribution in [3.8, 4) is 0 Å².